The number of rotatable bonds is 6. The van der Waals surface area contributed by atoms with Crippen LogP contribution in [-0.2, 0) is 4.79 Å². The highest BCUT2D eigenvalue weighted by atomic mass is 19.1. The van der Waals surface area contributed by atoms with E-state index in [1.165, 1.54) is 18.6 Å². The van der Waals surface area contributed by atoms with Crippen LogP contribution >= 0.6 is 0 Å². The zero-order valence-corrected chi connectivity index (χ0v) is 18.9. The molecule has 6 heteroatoms. The first-order valence-corrected chi connectivity index (χ1v) is 10.8. The number of benzene rings is 2. The molecule has 1 aliphatic heterocycles. The van der Waals surface area contributed by atoms with Crippen molar-refractivity contribution >= 4 is 17.4 Å². The lowest BCUT2D eigenvalue weighted by atomic mass is 10.0. The summed E-state index contributed by atoms with van der Waals surface area (Å²) in [6, 6.07) is 10.7. The summed E-state index contributed by atoms with van der Waals surface area (Å²) in [6.45, 7) is 11.4. The summed E-state index contributed by atoms with van der Waals surface area (Å²) >= 11 is 0. The lowest BCUT2D eigenvalue weighted by Gasteiger charge is -2.37. The molecule has 1 saturated heterocycles. The van der Waals surface area contributed by atoms with E-state index in [1.54, 1.807) is 24.0 Å². The average molecular weight is 427 g/mol. The molecular formula is C25H31FN2O3. The van der Waals surface area contributed by atoms with E-state index in [-0.39, 0.29) is 11.7 Å². The van der Waals surface area contributed by atoms with Crippen molar-refractivity contribution in [3.8, 4) is 5.75 Å². The second-order valence-corrected chi connectivity index (χ2v) is 8.47. The molecule has 0 aliphatic carbocycles. The number of piperazine rings is 1. The summed E-state index contributed by atoms with van der Waals surface area (Å²) in [5.41, 5.74) is 2.99. The number of Topliss-reactive ketones (excluding diaryl/α,β-unsaturated/α-hetero) is 1. The van der Waals surface area contributed by atoms with Crippen molar-refractivity contribution in [2.45, 2.75) is 46.6 Å². The van der Waals surface area contributed by atoms with E-state index in [4.69, 9.17) is 4.74 Å². The lowest BCUT2D eigenvalue weighted by molar-refractivity contribution is -0.138. The lowest BCUT2D eigenvalue weighted by Crippen LogP contribution is -2.52. The Kier molecular flexibility index (Phi) is 6.98. The number of hydrogen-bond acceptors (Lipinski definition) is 4. The number of anilines is 1. The van der Waals surface area contributed by atoms with Crippen molar-refractivity contribution in [1.29, 1.82) is 0 Å². The van der Waals surface area contributed by atoms with Crippen molar-refractivity contribution in [3.05, 3.63) is 58.9 Å². The molecule has 1 aliphatic rings. The number of carbonyl (C=O) groups is 2. The molecule has 0 N–H and O–H groups in total. The fraction of sp³-hybridized carbons (Fsp3) is 0.440. The molecule has 0 aromatic heterocycles. The molecule has 0 spiro atoms. The Hall–Kier alpha value is -2.89. The fourth-order valence-corrected chi connectivity index (χ4v) is 3.75. The van der Waals surface area contributed by atoms with Gasteiger partial charge in [0.2, 0.25) is 0 Å². The molecule has 166 valence electrons. The quantitative estimate of drug-likeness (QED) is 0.635. The van der Waals surface area contributed by atoms with Crippen molar-refractivity contribution < 1.29 is 18.7 Å². The predicted molar refractivity (Wildman–Crippen MR) is 121 cm³/mol. The van der Waals surface area contributed by atoms with Crippen LogP contribution in [0, 0.1) is 12.7 Å². The predicted octanol–water partition coefficient (Wildman–Crippen LogP) is 4.58. The van der Waals surface area contributed by atoms with Crippen LogP contribution in [0.2, 0.25) is 0 Å². The number of nitrogens with zero attached hydrogens (tertiary/aromatic N) is 2. The Morgan fingerprint density at radius 3 is 2.26 bits per heavy atom. The smallest absolute Gasteiger partial charge is 0.263 e. The Morgan fingerprint density at radius 2 is 1.68 bits per heavy atom. The highest BCUT2D eigenvalue weighted by molar-refractivity contribution is 5.94. The number of carbonyl (C=O) groups excluding carboxylic acids is 2. The molecule has 2 aromatic carbocycles. The van der Waals surface area contributed by atoms with Crippen LogP contribution in [0.4, 0.5) is 10.1 Å². The molecule has 1 heterocycles. The number of ether oxygens (including phenoxy) is 1. The second kappa shape index (κ2) is 9.50. The number of halogens is 1. The molecule has 0 saturated carbocycles. The van der Waals surface area contributed by atoms with Gasteiger partial charge >= 0.3 is 0 Å². The molecule has 3 rings (SSSR count). The molecule has 1 unspecified atom stereocenters. The summed E-state index contributed by atoms with van der Waals surface area (Å²) in [6.07, 6.45) is -0.598. The number of ketones is 1. The maximum atomic E-state index is 14.5. The molecule has 2 aromatic rings. The summed E-state index contributed by atoms with van der Waals surface area (Å²) in [4.78, 5) is 28.0. The van der Waals surface area contributed by atoms with E-state index in [2.05, 4.69) is 19.9 Å². The van der Waals surface area contributed by atoms with E-state index >= 15 is 0 Å². The Labute approximate surface area is 183 Å². The van der Waals surface area contributed by atoms with Crippen molar-refractivity contribution in [2.24, 2.45) is 0 Å². The van der Waals surface area contributed by atoms with Crippen LogP contribution in [-0.4, -0.2) is 48.9 Å². The van der Waals surface area contributed by atoms with Crippen LogP contribution in [0.1, 0.15) is 55.1 Å². The van der Waals surface area contributed by atoms with Crippen LogP contribution < -0.4 is 9.64 Å². The van der Waals surface area contributed by atoms with Gasteiger partial charge in [-0.15, -0.1) is 0 Å². The topological polar surface area (TPSA) is 49.9 Å². The van der Waals surface area contributed by atoms with Crippen molar-refractivity contribution in [1.82, 2.24) is 4.90 Å². The maximum absolute atomic E-state index is 14.5. The van der Waals surface area contributed by atoms with Gasteiger partial charge in [-0.2, -0.15) is 0 Å². The second-order valence-electron chi connectivity index (χ2n) is 8.47. The highest BCUT2D eigenvalue weighted by Crippen LogP contribution is 2.26. The summed E-state index contributed by atoms with van der Waals surface area (Å²) in [5.74, 6) is 0.473. The zero-order chi connectivity index (χ0) is 22.7. The normalized spacial score (nSPS) is 15.2. The zero-order valence-electron chi connectivity index (χ0n) is 18.9. The van der Waals surface area contributed by atoms with Crippen LogP contribution in [0.5, 0.6) is 5.75 Å². The first-order valence-electron chi connectivity index (χ1n) is 10.8. The van der Waals surface area contributed by atoms with E-state index in [0.717, 1.165) is 11.3 Å². The third-order valence-electron chi connectivity index (χ3n) is 5.82. The fourth-order valence-electron chi connectivity index (χ4n) is 3.75. The first kappa shape index (κ1) is 22.8. The summed E-state index contributed by atoms with van der Waals surface area (Å²) in [7, 11) is 0. The third kappa shape index (κ3) is 5.24. The SMILES string of the molecule is CC(=O)c1ccc(N2CCN(C(=O)C(C)Oc3cc(C(C)C)ccc3C)CC2)c(F)c1. The van der Waals surface area contributed by atoms with Gasteiger partial charge in [-0.25, -0.2) is 4.39 Å². The number of aryl methyl sites for hydroxylation is 1. The van der Waals surface area contributed by atoms with Gasteiger partial charge < -0.3 is 14.5 Å². The summed E-state index contributed by atoms with van der Waals surface area (Å²) < 4.78 is 20.5. The number of hydrogen-bond donors (Lipinski definition) is 0. The van der Waals surface area contributed by atoms with Crippen LogP contribution in [0.3, 0.4) is 0 Å². The van der Waals surface area contributed by atoms with E-state index < -0.39 is 11.9 Å². The maximum Gasteiger partial charge on any atom is 0.263 e. The van der Waals surface area contributed by atoms with Gasteiger partial charge in [0.25, 0.3) is 5.91 Å². The van der Waals surface area contributed by atoms with Crippen molar-refractivity contribution in [3.63, 3.8) is 0 Å². The molecule has 5 nitrogen and oxygen atoms in total. The minimum Gasteiger partial charge on any atom is -0.481 e. The minimum atomic E-state index is -0.598. The first-order chi connectivity index (χ1) is 14.7. The molecule has 1 atom stereocenters. The van der Waals surface area contributed by atoms with Crippen LogP contribution in [0.15, 0.2) is 36.4 Å². The Balaban J connectivity index is 1.61. The average Bonchev–Trinajstić information content (AvgIpc) is 2.74. The molecule has 1 fully saturated rings. The summed E-state index contributed by atoms with van der Waals surface area (Å²) in [5, 5.41) is 0. The van der Waals surface area contributed by atoms with Gasteiger partial charge in [0, 0.05) is 31.7 Å². The molecule has 31 heavy (non-hydrogen) atoms. The molecular weight excluding hydrogens is 395 g/mol. The largest absolute Gasteiger partial charge is 0.481 e. The Morgan fingerprint density at radius 1 is 1.00 bits per heavy atom. The standard InChI is InChI=1S/C25H31FN2O3/c1-16(2)20-7-6-17(3)24(15-20)31-19(5)25(30)28-12-10-27(11-13-28)23-9-8-21(18(4)29)14-22(23)26/h6-9,14-16,19H,10-13H2,1-5H3. The van der Waals surface area contributed by atoms with E-state index in [0.29, 0.717) is 43.3 Å². The number of amides is 1. The van der Waals surface area contributed by atoms with Gasteiger partial charge in [-0.3, -0.25) is 9.59 Å². The van der Waals surface area contributed by atoms with Gasteiger partial charge in [0.1, 0.15) is 11.6 Å². The Bertz CT molecular complexity index is 965. The van der Waals surface area contributed by atoms with Gasteiger partial charge in [-0.1, -0.05) is 26.0 Å². The molecule has 0 radical (unpaired) electrons. The van der Waals surface area contributed by atoms with Gasteiger partial charge in [0.05, 0.1) is 5.69 Å². The van der Waals surface area contributed by atoms with Gasteiger partial charge in [-0.05, 0) is 62.1 Å². The molecule has 0 bridgehead atoms. The van der Waals surface area contributed by atoms with E-state index in [9.17, 15) is 14.0 Å². The van der Waals surface area contributed by atoms with Crippen molar-refractivity contribution in [2.75, 3.05) is 31.1 Å². The third-order valence-corrected chi connectivity index (χ3v) is 5.82. The van der Waals surface area contributed by atoms with E-state index in [1.807, 2.05) is 24.0 Å². The highest BCUT2D eigenvalue weighted by Gasteiger charge is 2.27. The molecule has 1 amide bonds. The van der Waals surface area contributed by atoms with Crippen LogP contribution in [0.25, 0.3) is 0 Å². The minimum absolute atomic E-state index is 0.0681. The van der Waals surface area contributed by atoms with Gasteiger partial charge in [0.15, 0.2) is 11.9 Å². The monoisotopic (exact) mass is 426 g/mol.